The third kappa shape index (κ3) is 4.71. The van der Waals surface area contributed by atoms with Crippen LogP contribution in [0.4, 0.5) is 5.69 Å². The van der Waals surface area contributed by atoms with Gasteiger partial charge in [0.2, 0.25) is 5.91 Å². The quantitative estimate of drug-likeness (QED) is 0.459. The summed E-state index contributed by atoms with van der Waals surface area (Å²) in [7, 11) is 0. The Morgan fingerprint density at radius 1 is 1.21 bits per heavy atom. The van der Waals surface area contributed by atoms with Crippen LogP contribution in [-0.4, -0.2) is 15.4 Å². The molecule has 0 aliphatic heterocycles. The van der Waals surface area contributed by atoms with Crippen molar-refractivity contribution in [3.8, 4) is 0 Å². The molecule has 0 aliphatic rings. The summed E-state index contributed by atoms with van der Waals surface area (Å²) in [5.41, 5.74) is 1.55. The SMILES string of the molecule is CC(C)C(NC(=O)CCCn1c(=O)oc2cc([N+](=O)[O-])ccc21)c1ccccc1. The number of nitrogens with one attached hydrogen (secondary N) is 1. The van der Waals surface area contributed by atoms with Crippen molar-refractivity contribution in [3.05, 3.63) is 74.8 Å². The Kier molecular flexibility index (Phi) is 6.11. The van der Waals surface area contributed by atoms with Crippen LogP contribution in [0.1, 0.15) is 38.3 Å². The van der Waals surface area contributed by atoms with Gasteiger partial charge < -0.3 is 9.73 Å². The number of amides is 1. The highest BCUT2D eigenvalue weighted by Gasteiger charge is 2.18. The molecule has 3 rings (SSSR count). The number of fused-ring (bicyclic) bond motifs is 1. The Hall–Kier alpha value is -3.42. The molecule has 0 spiro atoms. The second-order valence-corrected chi connectivity index (χ2v) is 7.23. The van der Waals surface area contributed by atoms with Crippen molar-refractivity contribution >= 4 is 22.7 Å². The van der Waals surface area contributed by atoms with E-state index < -0.39 is 10.7 Å². The molecule has 2 aromatic carbocycles. The predicted octanol–water partition coefficient (Wildman–Crippen LogP) is 3.80. The normalized spacial score (nSPS) is 12.2. The molecule has 1 heterocycles. The van der Waals surface area contributed by atoms with Crippen molar-refractivity contribution < 1.29 is 14.1 Å². The van der Waals surface area contributed by atoms with E-state index in [9.17, 15) is 19.7 Å². The Morgan fingerprint density at radius 2 is 1.93 bits per heavy atom. The minimum Gasteiger partial charge on any atom is -0.407 e. The molecule has 1 atom stereocenters. The molecular weight excluding hydrogens is 374 g/mol. The fourth-order valence-corrected chi connectivity index (χ4v) is 3.32. The van der Waals surface area contributed by atoms with Crippen LogP contribution >= 0.6 is 0 Å². The van der Waals surface area contributed by atoms with Crippen LogP contribution in [0, 0.1) is 16.0 Å². The number of non-ortho nitro benzene ring substituents is 1. The molecule has 0 fully saturated rings. The monoisotopic (exact) mass is 397 g/mol. The van der Waals surface area contributed by atoms with E-state index in [0.29, 0.717) is 11.9 Å². The van der Waals surface area contributed by atoms with Crippen LogP contribution in [0.2, 0.25) is 0 Å². The molecule has 0 aliphatic carbocycles. The van der Waals surface area contributed by atoms with Gasteiger partial charge in [-0.15, -0.1) is 0 Å². The fraction of sp³-hybridized carbons (Fsp3) is 0.333. The summed E-state index contributed by atoms with van der Waals surface area (Å²) in [5, 5.41) is 13.9. The molecular formula is C21H23N3O5. The van der Waals surface area contributed by atoms with Gasteiger partial charge in [-0.25, -0.2) is 4.79 Å². The molecule has 1 unspecified atom stereocenters. The zero-order valence-corrected chi connectivity index (χ0v) is 16.3. The molecule has 1 N–H and O–H groups in total. The van der Waals surface area contributed by atoms with Gasteiger partial charge in [0.05, 0.1) is 22.5 Å². The highest BCUT2D eigenvalue weighted by molar-refractivity contribution is 5.77. The van der Waals surface area contributed by atoms with Crippen LogP contribution in [0.25, 0.3) is 11.1 Å². The number of carbonyl (C=O) groups excluding carboxylic acids is 1. The number of hydrogen-bond acceptors (Lipinski definition) is 5. The fourth-order valence-electron chi connectivity index (χ4n) is 3.32. The van der Waals surface area contributed by atoms with Gasteiger partial charge in [0.15, 0.2) is 5.58 Å². The van der Waals surface area contributed by atoms with Gasteiger partial charge in [-0.2, -0.15) is 0 Å². The number of oxazole rings is 1. The maximum atomic E-state index is 12.4. The van der Waals surface area contributed by atoms with Crippen molar-refractivity contribution in [1.29, 1.82) is 0 Å². The maximum absolute atomic E-state index is 12.4. The van der Waals surface area contributed by atoms with E-state index in [1.54, 1.807) is 0 Å². The lowest BCUT2D eigenvalue weighted by Gasteiger charge is -2.23. The van der Waals surface area contributed by atoms with Crippen molar-refractivity contribution in [2.45, 2.75) is 39.3 Å². The summed E-state index contributed by atoms with van der Waals surface area (Å²) < 4.78 is 6.50. The molecule has 29 heavy (non-hydrogen) atoms. The van der Waals surface area contributed by atoms with E-state index in [-0.39, 0.29) is 42.1 Å². The summed E-state index contributed by atoms with van der Waals surface area (Å²) in [6.07, 6.45) is 0.694. The number of nitro benzene ring substituents is 1. The number of nitro groups is 1. The smallest absolute Gasteiger partial charge is 0.407 e. The van der Waals surface area contributed by atoms with Crippen LogP contribution in [0.3, 0.4) is 0 Å². The first-order valence-electron chi connectivity index (χ1n) is 9.49. The Labute approximate surface area is 167 Å². The lowest BCUT2D eigenvalue weighted by atomic mass is 9.96. The first-order valence-corrected chi connectivity index (χ1v) is 9.49. The van der Waals surface area contributed by atoms with Crippen molar-refractivity contribution in [2.75, 3.05) is 0 Å². The van der Waals surface area contributed by atoms with Crippen LogP contribution < -0.4 is 11.1 Å². The van der Waals surface area contributed by atoms with Gasteiger partial charge in [-0.3, -0.25) is 19.5 Å². The zero-order valence-electron chi connectivity index (χ0n) is 16.3. The van der Waals surface area contributed by atoms with Crippen molar-refractivity contribution in [2.24, 2.45) is 5.92 Å². The second kappa shape index (κ2) is 8.72. The molecule has 3 aromatic rings. The molecule has 8 heteroatoms. The van der Waals surface area contributed by atoms with E-state index in [1.807, 2.05) is 44.2 Å². The minimum absolute atomic E-state index is 0.0817. The molecule has 0 saturated carbocycles. The number of benzene rings is 2. The number of aromatic nitrogens is 1. The molecule has 8 nitrogen and oxygen atoms in total. The molecule has 1 aromatic heterocycles. The summed E-state index contributed by atoms with van der Waals surface area (Å²) in [6.45, 7) is 4.39. The highest BCUT2D eigenvalue weighted by atomic mass is 16.6. The third-order valence-corrected chi connectivity index (χ3v) is 4.79. The Morgan fingerprint density at radius 3 is 2.59 bits per heavy atom. The summed E-state index contributed by atoms with van der Waals surface area (Å²) in [5.74, 6) is -0.452. The van der Waals surface area contributed by atoms with Crippen LogP contribution in [0.5, 0.6) is 0 Å². The molecule has 0 saturated heterocycles. The lowest BCUT2D eigenvalue weighted by Crippen LogP contribution is -2.31. The minimum atomic E-state index is -0.592. The summed E-state index contributed by atoms with van der Waals surface area (Å²) >= 11 is 0. The van der Waals surface area contributed by atoms with Crippen LogP contribution in [-0.2, 0) is 11.3 Å². The van der Waals surface area contributed by atoms with Gasteiger partial charge in [-0.05, 0) is 24.0 Å². The van der Waals surface area contributed by atoms with E-state index in [1.165, 1.54) is 22.8 Å². The summed E-state index contributed by atoms with van der Waals surface area (Å²) in [6, 6.07) is 13.8. The van der Waals surface area contributed by atoms with Gasteiger partial charge in [0, 0.05) is 19.0 Å². The average Bonchev–Trinajstić information content (AvgIpc) is 3.01. The molecule has 0 bridgehead atoms. The van der Waals surface area contributed by atoms with E-state index in [0.717, 1.165) is 5.56 Å². The molecule has 0 radical (unpaired) electrons. The Bertz CT molecular complexity index is 1070. The number of carbonyl (C=O) groups is 1. The number of nitrogens with zero attached hydrogens (tertiary/aromatic N) is 2. The van der Waals surface area contributed by atoms with Crippen molar-refractivity contribution in [1.82, 2.24) is 9.88 Å². The number of aryl methyl sites for hydroxylation is 1. The average molecular weight is 397 g/mol. The maximum Gasteiger partial charge on any atom is 0.419 e. The standard InChI is InChI=1S/C21H23N3O5/c1-14(2)20(15-7-4-3-5-8-15)22-19(25)9-6-12-23-17-11-10-16(24(27)28)13-18(17)29-21(23)26/h3-5,7-8,10-11,13-14,20H,6,9,12H2,1-2H3,(H,22,25). The topological polar surface area (TPSA) is 107 Å². The van der Waals surface area contributed by atoms with E-state index >= 15 is 0 Å². The molecule has 152 valence electrons. The molecule has 1 amide bonds. The zero-order chi connectivity index (χ0) is 21.0. The van der Waals surface area contributed by atoms with Gasteiger partial charge >= 0.3 is 5.76 Å². The van der Waals surface area contributed by atoms with Crippen molar-refractivity contribution in [3.63, 3.8) is 0 Å². The lowest BCUT2D eigenvalue weighted by molar-refractivity contribution is -0.384. The van der Waals surface area contributed by atoms with Gasteiger partial charge in [0.25, 0.3) is 5.69 Å². The number of rotatable bonds is 8. The van der Waals surface area contributed by atoms with Gasteiger partial charge in [0.1, 0.15) is 0 Å². The first kappa shape index (κ1) is 20.3. The highest BCUT2D eigenvalue weighted by Crippen LogP contribution is 2.22. The first-order chi connectivity index (χ1) is 13.9. The summed E-state index contributed by atoms with van der Waals surface area (Å²) in [4.78, 5) is 34.8. The van der Waals surface area contributed by atoms with E-state index in [2.05, 4.69) is 5.32 Å². The number of hydrogen-bond donors (Lipinski definition) is 1. The third-order valence-electron chi connectivity index (χ3n) is 4.79. The Balaban J connectivity index is 1.63. The van der Waals surface area contributed by atoms with E-state index in [4.69, 9.17) is 4.42 Å². The van der Waals surface area contributed by atoms with Gasteiger partial charge in [-0.1, -0.05) is 44.2 Å². The largest absolute Gasteiger partial charge is 0.419 e. The second-order valence-electron chi connectivity index (χ2n) is 7.23. The predicted molar refractivity (Wildman–Crippen MR) is 109 cm³/mol. The van der Waals surface area contributed by atoms with Crippen LogP contribution in [0.15, 0.2) is 57.7 Å².